The zero-order valence-corrected chi connectivity index (χ0v) is 7.19. The monoisotopic (exact) mass is 202 g/mol. The average molecular weight is 203 g/mol. The summed E-state index contributed by atoms with van der Waals surface area (Å²) in [6.07, 6.45) is -1.75. The van der Waals surface area contributed by atoms with E-state index < -0.39 is 17.8 Å². The Morgan fingerprint density at radius 3 is 2.62 bits per heavy atom. The Hall–Kier alpha value is -1.26. The lowest BCUT2D eigenvalue weighted by atomic mass is 10.1. The quantitative estimate of drug-likeness (QED) is 0.673. The number of para-hydroxylation sites is 1. The predicted octanol–water partition coefficient (Wildman–Crippen LogP) is 1.16. The largest absolute Gasteiger partial charge is 0.506 e. The maximum atomic E-state index is 10.4. The summed E-state index contributed by atoms with van der Waals surface area (Å²) in [5, 5.41) is 26.8. The molecule has 13 heavy (non-hydrogen) atoms. The fourth-order valence-electron chi connectivity index (χ4n) is 0.886. The van der Waals surface area contributed by atoms with Gasteiger partial charge in [0.05, 0.1) is 5.02 Å². The van der Waals surface area contributed by atoms with Gasteiger partial charge < -0.3 is 15.3 Å². The van der Waals surface area contributed by atoms with Gasteiger partial charge in [-0.1, -0.05) is 23.7 Å². The first-order valence-corrected chi connectivity index (χ1v) is 3.80. The molecule has 1 aromatic carbocycles. The number of aliphatic hydroxyl groups excluding tert-OH is 1. The first-order valence-electron chi connectivity index (χ1n) is 3.42. The highest BCUT2D eigenvalue weighted by Gasteiger charge is 2.20. The summed E-state index contributed by atoms with van der Waals surface area (Å²) in [6.45, 7) is 0. The van der Waals surface area contributed by atoms with E-state index in [2.05, 4.69) is 0 Å². The van der Waals surface area contributed by atoms with E-state index in [4.69, 9.17) is 21.8 Å². The SMILES string of the molecule is O=C(O)C(O)c1cccc(Cl)c1O. The molecule has 1 rings (SSSR count). The summed E-state index contributed by atoms with van der Waals surface area (Å²) in [6, 6.07) is 4.14. The molecule has 0 spiro atoms. The first kappa shape index (κ1) is 9.83. The zero-order valence-electron chi connectivity index (χ0n) is 6.44. The van der Waals surface area contributed by atoms with E-state index in [9.17, 15) is 9.90 Å². The van der Waals surface area contributed by atoms with E-state index in [1.807, 2.05) is 0 Å². The van der Waals surface area contributed by atoms with Crippen molar-refractivity contribution < 1.29 is 20.1 Å². The number of rotatable bonds is 2. The lowest BCUT2D eigenvalue weighted by Gasteiger charge is -2.08. The number of hydrogen-bond donors (Lipinski definition) is 3. The molecule has 0 fully saturated rings. The van der Waals surface area contributed by atoms with E-state index in [-0.39, 0.29) is 10.6 Å². The van der Waals surface area contributed by atoms with Crippen LogP contribution in [0.1, 0.15) is 11.7 Å². The molecule has 0 saturated heterocycles. The number of halogens is 1. The number of phenolic OH excluding ortho intramolecular Hbond substituents is 1. The van der Waals surface area contributed by atoms with Crippen molar-refractivity contribution in [2.75, 3.05) is 0 Å². The average Bonchev–Trinajstić information content (AvgIpc) is 2.08. The molecule has 3 N–H and O–H groups in total. The van der Waals surface area contributed by atoms with Crippen molar-refractivity contribution in [3.8, 4) is 5.75 Å². The van der Waals surface area contributed by atoms with Gasteiger partial charge in [0.25, 0.3) is 0 Å². The molecule has 4 nitrogen and oxygen atoms in total. The highest BCUT2D eigenvalue weighted by Crippen LogP contribution is 2.31. The molecule has 0 aliphatic carbocycles. The molecule has 0 amide bonds. The molecule has 5 heteroatoms. The molecule has 0 bridgehead atoms. The van der Waals surface area contributed by atoms with Crippen LogP contribution in [0.4, 0.5) is 0 Å². The lowest BCUT2D eigenvalue weighted by Crippen LogP contribution is -2.10. The minimum absolute atomic E-state index is 0.0119. The minimum atomic E-state index is -1.75. The molecule has 0 aliphatic rings. The van der Waals surface area contributed by atoms with Gasteiger partial charge in [-0.25, -0.2) is 4.79 Å². The Balaban J connectivity index is 3.15. The van der Waals surface area contributed by atoms with Crippen LogP contribution >= 0.6 is 11.6 Å². The second kappa shape index (κ2) is 3.64. The van der Waals surface area contributed by atoms with Gasteiger partial charge in [0, 0.05) is 5.56 Å². The Bertz CT molecular complexity index is 337. The highest BCUT2D eigenvalue weighted by molar-refractivity contribution is 6.32. The number of aliphatic carboxylic acids is 1. The second-order valence-electron chi connectivity index (χ2n) is 2.42. The van der Waals surface area contributed by atoms with Crippen LogP contribution < -0.4 is 0 Å². The van der Waals surface area contributed by atoms with Gasteiger partial charge >= 0.3 is 5.97 Å². The van der Waals surface area contributed by atoms with Crippen molar-refractivity contribution in [1.82, 2.24) is 0 Å². The van der Waals surface area contributed by atoms with Gasteiger partial charge in [-0.2, -0.15) is 0 Å². The fourth-order valence-corrected chi connectivity index (χ4v) is 1.07. The summed E-state index contributed by atoms with van der Waals surface area (Å²) < 4.78 is 0. The standard InChI is InChI=1S/C8H7ClO4/c9-5-3-1-2-4(6(5)10)7(11)8(12)13/h1-3,7,10-11H,(H,12,13). The molecule has 70 valence electrons. The number of carbonyl (C=O) groups is 1. The van der Waals surface area contributed by atoms with Crippen molar-refractivity contribution >= 4 is 17.6 Å². The van der Waals surface area contributed by atoms with Crippen molar-refractivity contribution in [3.63, 3.8) is 0 Å². The number of carboxylic acids is 1. The van der Waals surface area contributed by atoms with Gasteiger partial charge in [0.1, 0.15) is 5.75 Å². The number of phenols is 1. The van der Waals surface area contributed by atoms with E-state index in [1.54, 1.807) is 0 Å². The molecule has 0 radical (unpaired) electrons. The van der Waals surface area contributed by atoms with E-state index in [0.29, 0.717) is 0 Å². The Morgan fingerprint density at radius 1 is 1.46 bits per heavy atom. The highest BCUT2D eigenvalue weighted by atomic mass is 35.5. The topological polar surface area (TPSA) is 77.8 Å². The number of hydrogen-bond acceptors (Lipinski definition) is 3. The maximum Gasteiger partial charge on any atom is 0.337 e. The third-order valence-corrected chi connectivity index (χ3v) is 1.85. The van der Waals surface area contributed by atoms with E-state index in [1.165, 1.54) is 18.2 Å². The summed E-state index contributed by atoms with van der Waals surface area (Å²) >= 11 is 5.51. The minimum Gasteiger partial charge on any atom is -0.506 e. The zero-order chi connectivity index (χ0) is 10.0. The van der Waals surface area contributed by atoms with Gasteiger partial charge in [-0.3, -0.25) is 0 Å². The van der Waals surface area contributed by atoms with Gasteiger partial charge in [-0.05, 0) is 6.07 Å². The molecule has 0 aromatic heterocycles. The predicted molar refractivity (Wildman–Crippen MR) is 45.7 cm³/mol. The number of aromatic hydroxyl groups is 1. The second-order valence-corrected chi connectivity index (χ2v) is 2.83. The summed E-state index contributed by atoms with van der Waals surface area (Å²) in [4.78, 5) is 10.4. The molecule has 1 aromatic rings. The molecule has 0 saturated carbocycles. The number of carboxylic acid groups (broad SMARTS) is 1. The van der Waals surface area contributed by atoms with Crippen LogP contribution in [0.15, 0.2) is 18.2 Å². The van der Waals surface area contributed by atoms with Crippen molar-refractivity contribution in [1.29, 1.82) is 0 Å². The van der Waals surface area contributed by atoms with Crippen LogP contribution in [0.5, 0.6) is 5.75 Å². The van der Waals surface area contributed by atoms with Gasteiger partial charge in [0.15, 0.2) is 6.10 Å². The smallest absolute Gasteiger partial charge is 0.337 e. The van der Waals surface area contributed by atoms with Crippen molar-refractivity contribution in [2.45, 2.75) is 6.10 Å². The maximum absolute atomic E-state index is 10.4. The van der Waals surface area contributed by atoms with E-state index >= 15 is 0 Å². The van der Waals surface area contributed by atoms with Crippen LogP contribution in [-0.2, 0) is 4.79 Å². The summed E-state index contributed by atoms with van der Waals surface area (Å²) in [7, 11) is 0. The first-order chi connectivity index (χ1) is 6.04. The Morgan fingerprint density at radius 2 is 2.08 bits per heavy atom. The summed E-state index contributed by atoms with van der Waals surface area (Å²) in [5.41, 5.74) is -0.111. The normalized spacial score (nSPS) is 12.5. The third-order valence-electron chi connectivity index (χ3n) is 1.55. The van der Waals surface area contributed by atoms with Crippen LogP contribution in [0.25, 0.3) is 0 Å². The molecular formula is C8H7ClO4. The van der Waals surface area contributed by atoms with Crippen LogP contribution in [0, 0.1) is 0 Å². The third kappa shape index (κ3) is 1.91. The van der Waals surface area contributed by atoms with Crippen LogP contribution in [0.3, 0.4) is 0 Å². The van der Waals surface area contributed by atoms with Crippen molar-refractivity contribution in [3.05, 3.63) is 28.8 Å². The van der Waals surface area contributed by atoms with Gasteiger partial charge in [0.2, 0.25) is 0 Å². The van der Waals surface area contributed by atoms with Gasteiger partial charge in [-0.15, -0.1) is 0 Å². The molecular weight excluding hydrogens is 196 g/mol. The van der Waals surface area contributed by atoms with Crippen molar-refractivity contribution in [2.24, 2.45) is 0 Å². The number of aliphatic hydroxyl groups is 1. The Kier molecular flexibility index (Phi) is 2.75. The van der Waals surface area contributed by atoms with Crippen LogP contribution in [0.2, 0.25) is 5.02 Å². The lowest BCUT2D eigenvalue weighted by molar-refractivity contribution is -0.147. The van der Waals surface area contributed by atoms with Crippen LogP contribution in [-0.4, -0.2) is 21.3 Å². The molecule has 1 unspecified atom stereocenters. The molecule has 0 aliphatic heterocycles. The Labute approximate surface area is 79.0 Å². The summed E-state index contributed by atoms with van der Waals surface area (Å²) in [5.74, 6) is -1.84. The number of benzene rings is 1. The fraction of sp³-hybridized carbons (Fsp3) is 0.125. The molecule has 1 atom stereocenters. The van der Waals surface area contributed by atoms with E-state index in [0.717, 1.165) is 0 Å². The molecule has 0 heterocycles.